The second-order valence-corrected chi connectivity index (χ2v) is 4.11. The van der Waals surface area contributed by atoms with Gasteiger partial charge in [-0.15, -0.1) is 0 Å². The number of pyridine rings is 1. The highest BCUT2D eigenvalue weighted by atomic mass is 16.1. The Balaban J connectivity index is 2.65. The van der Waals surface area contributed by atoms with Crippen LogP contribution in [0.5, 0.6) is 0 Å². The third-order valence-electron chi connectivity index (χ3n) is 2.62. The monoisotopic (exact) mass is 243 g/mol. The molecule has 0 aliphatic heterocycles. The molecule has 1 heterocycles. The molecule has 1 amide bonds. The molecule has 0 bridgehead atoms. The lowest BCUT2D eigenvalue weighted by Crippen LogP contribution is -2.21. The summed E-state index contributed by atoms with van der Waals surface area (Å²) in [5.41, 5.74) is 12.1. The summed E-state index contributed by atoms with van der Waals surface area (Å²) in [6, 6.07) is 7.35. The van der Waals surface area contributed by atoms with Crippen LogP contribution in [0, 0.1) is 6.92 Å². The van der Waals surface area contributed by atoms with Gasteiger partial charge < -0.3 is 16.5 Å². The Bertz CT molecular complexity index is 714. The van der Waals surface area contributed by atoms with Crippen LogP contribution in [-0.2, 0) is 4.79 Å². The van der Waals surface area contributed by atoms with Crippen molar-refractivity contribution in [1.29, 1.82) is 0 Å². The van der Waals surface area contributed by atoms with Gasteiger partial charge in [0.25, 0.3) is 11.5 Å². The van der Waals surface area contributed by atoms with Crippen LogP contribution in [0.1, 0.15) is 11.1 Å². The largest absolute Gasteiger partial charge is 0.394 e. The smallest absolute Gasteiger partial charge is 0.264 e. The lowest BCUT2D eigenvalue weighted by molar-refractivity contribution is -0.114. The molecule has 0 saturated carbocycles. The lowest BCUT2D eigenvalue weighted by atomic mass is 10.1. The Hall–Kier alpha value is -2.56. The van der Waals surface area contributed by atoms with Crippen molar-refractivity contribution >= 4 is 22.9 Å². The summed E-state index contributed by atoms with van der Waals surface area (Å²) in [6.45, 7) is 1.96. The zero-order valence-electron chi connectivity index (χ0n) is 9.86. The van der Waals surface area contributed by atoms with Crippen molar-refractivity contribution in [1.82, 2.24) is 4.98 Å². The van der Waals surface area contributed by atoms with Crippen molar-refractivity contribution in [3.8, 4) is 0 Å². The fourth-order valence-electron chi connectivity index (χ4n) is 1.69. The van der Waals surface area contributed by atoms with E-state index in [1.165, 1.54) is 6.08 Å². The first kappa shape index (κ1) is 11.9. The van der Waals surface area contributed by atoms with Crippen LogP contribution in [0.3, 0.4) is 0 Å². The van der Waals surface area contributed by atoms with Gasteiger partial charge in [0, 0.05) is 11.1 Å². The molecule has 0 atom stereocenters. The molecule has 1 aromatic carbocycles. The quantitative estimate of drug-likeness (QED) is 0.674. The first-order valence-corrected chi connectivity index (χ1v) is 5.38. The summed E-state index contributed by atoms with van der Waals surface area (Å²) < 4.78 is 0. The number of benzene rings is 1. The predicted octanol–water partition coefficient (Wildman–Crippen LogP) is 0.621. The van der Waals surface area contributed by atoms with Gasteiger partial charge in [-0.05, 0) is 36.6 Å². The van der Waals surface area contributed by atoms with E-state index in [-0.39, 0.29) is 11.3 Å². The first-order chi connectivity index (χ1) is 8.47. The molecule has 0 spiro atoms. The van der Waals surface area contributed by atoms with Crippen molar-refractivity contribution in [2.75, 3.05) is 0 Å². The summed E-state index contributed by atoms with van der Waals surface area (Å²) in [5, 5.41) is 0.873. The lowest BCUT2D eigenvalue weighted by Gasteiger charge is -2.02. The van der Waals surface area contributed by atoms with E-state index in [0.717, 1.165) is 16.5 Å². The number of amides is 1. The molecule has 2 aromatic rings. The average molecular weight is 243 g/mol. The number of carbonyl (C=O) groups excluding carboxylic acids is 1. The number of aromatic nitrogens is 1. The zero-order valence-corrected chi connectivity index (χ0v) is 9.86. The van der Waals surface area contributed by atoms with Crippen molar-refractivity contribution in [2.45, 2.75) is 6.92 Å². The highest BCUT2D eigenvalue weighted by Crippen LogP contribution is 2.14. The van der Waals surface area contributed by atoms with Gasteiger partial charge in [-0.3, -0.25) is 9.59 Å². The Kier molecular flexibility index (Phi) is 2.89. The minimum absolute atomic E-state index is 0.146. The SMILES string of the molecule is Cc1ccc2[nH]c(=O)c(C=C(N)C(N)=O)cc2c1. The van der Waals surface area contributed by atoms with Crippen LogP contribution < -0.4 is 17.0 Å². The molecule has 5 heteroatoms. The number of rotatable bonds is 2. The van der Waals surface area contributed by atoms with Crippen molar-refractivity contribution < 1.29 is 4.79 Å². The second kappa shape index (κ2) is 4.37. The Morgan fingerprint density at radius 2 is 2.00 bits per heavy atom. The van der Waals surface area contributed by atoms with Crippen molar-refractivity contribution in [2.24, 2.45) is 11.5 Å². The summed E-state index contributed by atoms with van der Waals surface area (Å²) in [4.78, 5) is 25.3. The fraction of sp³-hybridized carbons (Fsp3) is 0.0769. The third kappa shape index (κ3) is 2.24. The fourth-order valence-corrected chi connectivity index (χ4v) is 1.69. The van der Waals surface area contributed by atoms with E-state index in [9.17, 15) is 9.59 Å². The number of hydrogen-bond acceptors (Lipinski definition) is 3. The van der Waals surface area contributed by atoms with Gasteiger partial charge >= 0.3 is 0 Å². The van der Waals surface area contributed by atoms with Crippen LogP contribution in [-0.4, -0.2) is 10.9 Å². The normalized spacial score (nSPS) is 11.7. The maximum Gasteiger partial charge on any atom is 0.264 e. The van der Waals surface area contributed by atoms with E-state index in [1.807, 2.05) is 25.1 Å². The Morgan fingerprint density at radius 3 is 2.67 bits per heavy atom. The average Bonchev–Trinajstić information content (AvgIpc) is 2.30. The minimum Gasteiger partial charge on any atom is -0.394 e. The van der Waals surface area contributed by atoms with E-state index >= 15 is 0 Å². The molecular formula is C13H13N3O2. The van der Waals surface area contributed by atoms with E-state index in [2.05, 4.69) is 4.98 Å². The molecule has 0 fully saturated rings. The van der Waals surface area contributed by atoms with Crippen LogP contribution in [0.15, 0.2) is 34.8 Å². The van der Waals surface area contributed by atoms with Crippen LogP contribution in [0.4, 0.5) is 0 Å². The zero-order chi connectivity index (χ0) is 13.3. The number of aryl methyl sites for hydroxylation is 1. The molecule has 5 N–H and O–H groups in total. The number of carbonyl (C=O) groups is 1. The molecule has 0 aliphatic carbocycles. The first-order valence-electron chi connectivity index (χ1n) is 5.38. The summed E-state index contributed by atoms with van der Waals surface area (Å²) in [6.07, 6.45) is 1.28. The van der Waals surface area contributed by atoms with Gasteiger partial charge in [0.1, 0.15) is 0 Å². The number of nitrogens with two attached hydrogens (primary N) is 2. The van der Waals surface area contributed by atoms with E-state index in [0.29, 0.717) is 5.56 Å². The molecule has 5 nitrogen and oxygen atoms in total. The Morgan fingerprint density at radius 1 is 1.28 bits per heavy atom. The molecule has 92 valence electrons. The molecule has 0 saturated heterocycles. The predicted molar refractivity (Wildman–Crippen MR) is 70.7 cm³/mol. The van der Waals surface area contributed by atoms with Gasteiger partial charge in [0.2, 0.25) is 0 Å². The molecular weight excluding hydrogens is 230 g/mol. The number of nitrogens with one attached hydrogen (secondary N) is 1. The van der Waals surface area contributed by atoms with E-state index < -0.39 is 5.91 Å². The van der Waals surface area contributed by atoms with Crippen molar-refractivity contribution in [3.63, 3.8) is 0 Å². The highest BCUT2D eigenvalue weighted by molar-refractivity contribution is 5.96. The van der Waals surface area contributed by atoms with Gasteiger partial charge in [-0.1, -0.05) is 11.6 Å². The van der Waals surface area contributed by atoms with Gasteiger partial charge in [-0.2, -0.15) is 0 Å². The summed E-state index contributed by atoms with van der Waals surface area (Å²) in [7, 11) is 0. The number of H-pyrrole nitrogens is 1. The van der Waals surface area contributed by atoms with Crippen LogP contribution in [0.25, 0.3) is 17.0 Å². The van der Waals surface area contributed by atoms with Gasteiger partial charge in [0.15, 0.2) is 0 Å². The molecule has 1 aromatic heterocycles. The van der Waals surface area contributed by atoms with Gasteiger partial charge in [-0.25, -0.2) is 0 Å². The third-order valence-corrected chi connectivity index (χ3v) is 2.62. The molecule has 18 heavy (non-hydrogen) atoms. The van der Waals surface area contributed by atoms with Crippen LogP contribution in [0.2, 0.25) is 0 Å². The number of aromatic amines is 1. The van der Waals surface area contributed by atoms with Gasteiger partial charge in [0.05, 0.1) is 5.70 Å². The molecule has 0 radical (unpaired) electrons. The maximum absolute atomic E-state index is 11.8. The second-order valence-electron chi connectivity index (χ2n) is 4.11. The molecule has 0 unspecified atom stereocenters. The van der Waals surface area contributed by atoms with Crippen molar-refractivity contribution in [3.05, 3.63) is 51.4 Å². The minimum atomic E-state index is -0.751. The van der Waals surface area contributed by atoms with E-state index in [1.54, 1.807) is 6.07 Å². The summed E-state index contributed by atoms with van der Waals surface area (Å²) >= 11 is 0. The van der Waals surface area contributed by atoms with Crippen LogP contribution >= 0.6 is 0 Å². The molecule has 2 rings (SSSR count). The Labute approximate surface area is 103 Å². The number of hydrogen-bond donors (Lipinski definition) is 3. The maximum atomic E-state index is 11.8. The van der Waals surface area contributed by atoms with E-state index in [4.69, 9.17) is 11.5 Å². The standard InChI is InChI=1S/C13H13N3O2/c1-7-2-3-11-8(4-7)5-9(13(18)16-11)6-10(14)12(15)17/h2-6H,14H2,1H3,(H2,15,17)(H,16,18). The summed E-state index contributed by atoms with van der Waals surface area (Å²) in [5.74, 6) is -0.751. The highest BCUT2D eigenvalue weighted by Gasteiger charge is 2.04. The number of fused-ring (bicyclic) bond motifs is 1. The topological polar surface area (TPSA) is 102 Å². The molecule has 0 aliphatic rings. The number of primary amides is 1.